The number of H-pyrrole nitrogens is 2. The van der Waals surface area contributed by atoms with Crippen molar-refractivity contribution in [2.75, 3.05) is 38.0 Å². The number of benzene rings is 2. The Morgan fingerprint density at radius 2 is 1.98 bits per heavy atom. The third kappa shape index (κ3) is 5.90. The molecule has 0 bridgehead atoms. The molecule has 0 atom stereocenters. The fraction of sp³-hybridized carbons (Fsp3) is 0.364. The molecule has 0 unspecified atom stereocenters. The molecule has 5 N–H and O–H groups in total. The standard InChI is InChI=1S/C33H36FN9O3/c1-2-19-14-29(45)24(34)15-23(19)20-3-4-22-26(13-20)40-41-31(22)32-38-25-7-11-43(18-28(25)39-32)33(46)27-16-37-30(17-36-27)35-8-12-42-9-5-21(44)6-10-42/h3-4,13-17,21,44-45H,2,5-12,18H2,1H3,(H,35,37)(H,38,39)(H,40,41). The molecule has 1 fully saturated rings. The number of phenols is 1. The molecule has 2 aliphatic rings. The van der Waals surface area contributed by atoms with Gasteiger partial charge >= 0.3 is 0 Å². The largest absolute Gasteiger partial charge is 0.505 e. The number of piperidine rings is 1. The second-order valence-electron chi connectivity index (χ2n) is 11.9. The third-order valence-corrected chi connectivity index (χ3v) is 8.93. The number of carbonyl (C=O) groups is 1. The molecule has 2 aliphatic heterocycles. The Morgan fingerprint density at radius 1 is 1.13 bits per heavy atom. The minimum atomic E-state index is -0.658. The van der Waals surface area contributed by atoms with Gasteiger partial charge in [0.15, 0.2) is 17.4 Å². The predicted molar refractivity (Wildman–Crippen MR) is 171 cm³/mol. The first-order valence-corrected chi connectivity index (χ1v) is 15.7. The average molecular weight is 626 g/mol. The number of aromatic hydroxyl groups is 1. The van der Waals surface area contributed by atoms with Gasteiger partial charge in [-0.05, 0) is 60.2 Å². The van der Waals surface area contributed by atoms with Gasteiger partial charge in [-0.1, -0.05) is 13.0 Å². The van der Waals surface area contributed by atoms with Crippen molar-refractivity contribution in [3.8, 4) is 28.4 Å². The lowest BCUT2D eigenvalue weighted by molar-refractivity contribution is 0.0725. The van der Waals surface area contributed by atoms with Gasteiger partial charge in [-0.2, -0.15) is 5.10 Å². The maximum atomic E-state index is 14.2. The minimum Gasteiger partial charge on any atom is -0.505 e. The molecular formula is C33H36FN9O3. The van der Waals surface area contributed by atoms with E-state index in [9.17, 15) is 19.4 Å². The van der Waals surface area contributed by atoms with Crippen LogP contribution in [-0.4, -0.2) is 94.9 Å². The first kappa shape index (κ1) is 29.8. The summed E-state index contributed by atoms with van der Waals surface area (Å²) in [6.07, 6.45) is 5.77. The SMILES string of the molecule is CCc1cc(O)c(F)cc1-c1ccc2c(-c3nc4c([nH]3)CN(C(=O)c3cnc(NCCN5CCC(O)CC5)cn3)CC4)n[nH]c2c1. The highest BCUT2D eigenvalue weighted by atomic mass is 19.1. The van der Waals surface area contributed by atoms with E-state index in [1.165, 1.54) is 18.3 Å². The Kier molecular flexibility index (Phi) is 8.09. The Balaban J connectivity index is 1.01. The number of aromatic nitrogens is 6. The summed E-state index contributed by atoms with van der Waals surface area (Å²) in [6, 6.07) is 8.60. The van der Waals surface area contributed by atoms with Gasteiger partial charge in [-0.25, -0.2) is 19.3 Å². The van der Waals surface area contributed by atoms with Crippen LogP contribution in [0.1, 0.15) is 47.2 Å². The number of rotatable bonds is 8. The molecule has 7 rings (SSSR count). The molecule has 5 aromatic rings. The van der Waals surface area contributed by atoms with Crippen molar-refractivity contribution in [3.63, 3.8) is 0 Å². The number of fused-ring (bicyclic) bond motifs is 2. The van der Waals surface area contributed by atoms with Crippen LogP contribution in [0.3, 0.4) is 0 Å². The molecule has 0 aliphatic carbocycles. The Morgan fingerprint density at radius 3 is 2.76 bits per heavy atom. The van der Waals surface area contributed by atoms with E-state index >= 15 is 0 Å². The van der Waals surface area contributed by atoms with Gasteiger partial charge < -0.3 is 30.3 Å². The van der Waals surface area contributed by atoms with E-state index in [1.807, 2.05) is 25.1 Å². The lowest BCUT2D eigenvalue weighted by Gasteiger charge is -2.29. The van der Waals surface area contributed by atoms with E-state index in [-0.39, 0.29) is 23.5 Å². The molecule has 238 valence electrons. The van der Waals surface area contributed by atoms with Crippen LogP contribution in [-0.2, 0) is 19.4 Å². The molecule has 0 radical (unpaired) electrons. The van der Waals surface area contributed by atoms with E-state index in [2.05, 4.69) is 35.4 Å². The smallest absolute Gasteiger partial charge is 0.274 e. The van der Waals surface area contributed by atoms with Gasteiger partial charge in [-0.15, -0.1) is 0 Å². The van der Waals surface area contributed by atoms with Gasteiger partial charge in [0.25, 0.3) is 5.91 Å². The number of hydrogen-bond acceptors (Lipinski definition) is 9. The summed E-state index contributed by atoms with van der Waals surface area (Å²) < 4.78 is 14.2. The number of anilines is 1. The third-order valence-electron chi connectivity index (χ3n) is 8.93. The summed E-state index contributed by atoms with van der Waals surface area (Å²) in [6.45, 7) is 6.18. The molecule has 1 saturated heterocycles. The number of aryl methyl sites for hydroxylation is 1. The maximum absolute atomic E-state index is 14.2. The number of aliphatic hydroxyl groups is 1. The average Bonchev–Trinajstić information content (AvgIpc) is 3.70. The highest BCUT2D eigenvalue weighted by Crippen LogP contribution is 2.34. The summed E-state index contributed by atoms with van der Waals surface area (Å²) in [5, 5.41) is 31.2. The van der Waals surface area contributed by atoms with Gasteiger partial charge in [0.2, 0.25) is 0 Å². The number of hydrogen-bond donors (Lipinski definition) is 5. The van der Waals surface area contributed by atoms with Crippen molar-refractivity contribution in [1.82, 2.24) is 39.9 Å². The number of halogens is 1. The van der Waals surface area contributed by atoms with Crippen LogP contribution >= 0.6 is 0 Å². The van der Waals surface area contributed by atoms with E-state index in [4.69, 9.17) is 4.98 Å². The second kappa shape index (κ2) is 12.5. The lowest BCUT2D eigenvalue weighted by atomic mass is 9.96. The summed E-state index contributed by atoms with van der Waals surface area (Å²) in [7, 11) is 0. The van der Waals surface area contributed by atoms with Crippen molar-refractivity contribution in [2.24, 2.45) is 0 Å². The molecule has 1 amide bonds. The zero-order chi connectivity index (χ0) is 31.8. The monoisotopic (exact) mass is 625 g/mol. The zero-order valence-electron chi connectivity index (χ0n) is 25.6. The van der Waals surface area contributed by atoms with Crippen molar-refractivity contribution in [3.05, 3.63) is 71.2 Å². The summed E-state index contributed by atoms with van der Waals surface area (Å²) in [4.78, 5) is 34.3. The van der Waals surface area contributed by atoms with Crippen LogP contribution in [0.25, 0.3) is 33.5 Å². The molecule has 12 nitrogen and oxygen atoms in total. The van der Waals surface area contributed by atoms with Crippen molar-refractivity contribution < 1.29 is 19.4 Å². The van der Waals surface area contributed by atoms with Crippen LogP contribution in [0.5, 0.6) is 5.75 Å². The first-order chi connectivity index (χ1) is 22.4. The molecule has 46 heavy (non-hydrogen) atoms. The highest BCUT2D eigenvalue weighted by Gasteiger charge is 2.27. The van der Waals surface area contributed by atoms with Crippen molar-refractivity contribution in [1.29, 1.82) is 0 Å². The highest BCUT2D eigenvalue weighted by molar-refractivity contribution is 5.94. The van der Waals surface area contributed by atoms with Crippen LogP contribution in [0.4, 0.5) is 10.2 Å². The lowest BCUT2D eigenvalue weighted by Crippen LogP contribution is -2.38. The molecule has 5 heterocycles. The number of aromatic amines is 2. The number of likely N-dealkylation sites (tertiary alicyclic amines) is 1. The van der Waals surface area contributed by atoms with E-state index in [0.717, 1.165) is 71.5 Å². The molecule has 2 aromatic carbocycles. The number of amides is 1. The normalized spacial score (nSPS) is 15.8. The topological polar surface area (TPSA) is 159 Å². The predicted octanol–water partition coefficient (Wildman–Crippen LogP) is 3.88. The number of phenolic OH excluding ortho intramolecular Hbond substituents is 1. The van der Waals surface area contributed by atoms with E-state index in [1.54, 1.807) is 11.1 Å². The van der Waals surface area contributed by atoms with E-state index < -0.39 is 5.82 Å². The first-order valence-electron chi connectivity index (χ1n) is 15.7. The number of aliphatic hydroxyl groups excluding tert-OH is 1. The summed E-state index contributed by atoms with van der Waals surface area (Å²) >= 11 is 0. The minimum absolute atomic E-state index is 0.185. The number of carbonyl (C=O) groups excluding carboxylic acids is 1. The van der Waals surface area contributed by atoms with Crippen LogP contribution in [0.2, 0.25) is 0 Å². The molecule has 0 spiro atoms. The van der Waals surface area contributed by atoms with E-state index in [0.29, 0.717) is 49.8 Å². The van der Waals surface area contributed by atoms with Gasteiger partial charge in [0.1, 0.15) is 17.2 Å². The fourth-order valence-electron chi connectivity index (χ4n) is 6.29. The van der Waals surface area contributed by atoms with Gasteiger partial charge in [0, 0.05) is 44.5 Å². The second-order valence-corrected chi connectivity index (χ2v) is 11.9. The maximum Gasteiger partial charge on any atom is 0.274 e. The van der Waals surface area contributed by atoms with Crippen LogP contribution in [0.15, 0.2) is 42.7 Å². The summed E-state index contributed by atoms with van der Waals surface area (Å²) in [5.74, 6) is 0.0246. The zero-order valence-corrected chi connectivity index (χ0v) is 25.6. The number of nitrogens with one attached hydrogen (secondary N) is 3. The Labute approximate surface area is 264 Å². The fourth-order valence-corrected chi connectivity index (χ4v) is 6.29. The summed E-state index contributed by atoms with van der Waals surface area (Å²) in [5.41, 5.74) is 5.86. The van der Waals surface area contributed by atoms with Crippen LogP contribution < -0.4 is 5.32 Å². The quantitative estimate of drug-likeness (QED) is 0.172. The van der Waals surface area contributed by atoms with Crippen molar-refractivity contribution >= 4 is 22.6 Å². The Hall–Kier alpha value is -4.88. The molecule has 0 saturated carbocycles. The molecular weight excluding hydrogens is 589 g/mol. The number of nitrogens with zero attached hydrogens (tertiary/aromatic N) is 6. The molecule has 13 heteroatoms. The van der Waals surface area contributed by atoms with Gasteiger partial charge in [-0.3, -0.25) is 9.89 Å². The Bertz CT molecular complexity index is 1880. The van der Waals surface area contributed by atoms with Crippen molar-refractivity contribution in [2.45, 2.75) is 45.3 Å². The number of imidazole rings is 1. The molecule has 3 aromatic heterocycles. The van der Waals surface area contributed by atoms with Crippen LogP contribution in [0, 0.1) is 5.82 Å². The van der Waals surface area contributed by atoms with Gasteiger partial charge in [0.05, 0.1) is 41.9 Å².